The minimum Gasteiger partial charge on any atom is -0.355 e. The number of hydrogen-bond acceptors (Lipinski definition) is 4. The molecule has 1 aromatic rings. The molecule has 0 fully saturated rings. The molecule has 0 radical (unpaired) electrons. The predicted molar refractivity (Wildman–Crippen MR) is 94.9 cm³/mol. The van der Waals surface area contributed by atoms with E-state index in [2.05, 4.69) is 10.3 Å². The molecule has 4 nitrogen and oxygen atoms in total. The summed E-state index contributed by atoms with van der Waals surface area (Å²) in [5.74, 6) is 0.0823. The molecule has 0 aliphatic rings. The van der Waals surface area contributed by atoms with Gasteiger partial charge in [-0.1, -0.05) is 13.8 Å². The van der Waals surface area contributed by atoms with Gasteiger partial charge in [0.1, 0.15) is 0 Å². The number of carbonyl (C=O) groups is 1. The summed E-state index contributed by atoms with van der Waals surface area (Å²) in [6, 6.07) is 0. The molecule has 3 N–H and O–H groups in total. The number of thiazole rings is 1. The molecule has 0 unspecified atom stereocenters. The molecule has 0 atom stereocenters. The van der Waals surface area contributed by atoms with Crippen molar-refractivity contribution in [3.8, 4) is 0 Å². The molecule has 0 aliphatic carbocycles. The molecule has 0 saturated heterocycles. The Morgan fingerprint density at radius 2 is 1.86 bits per heavy atom. The van der Waals surface area contributed by atoms with Crippen LogP contribution in [0.1, 0.15) is 42.3 Å². The smallest absolute Gasteiger partial charge is 0.227 e. The Morgan fingerprint density at radius 3 is 2.24 bits per heavy atom. The molecular formula is C14H27Cl2N3OS. The fourth-order valence-corrected chi connectivity index (χ4v) is 3.17. The Balaban J connectivity index is 0. The van der Waals surface area contributed by atoms with E-state index in [9.17, 15) is 4.79 Å². The summed E-state index contributed by atoms with van der Waals surface area (Å²) in [6.45, 7) is 9.13. The monoisotopic (exact) mass is 355 g/mol. The molecule has 1 amide bonds. The van der Waals surface area contributed by atoms with Crippen molar-refractivity contribution >= 4 is 42.1 Å². The van der Waals surface area contributed by atoms with Crippen LogP contribution in [0.4, 0.5) is 0 Å². The number of rotatable bonds is 7. The van der Waals surface area contributed by atoms with Crippen molar-refractivity contribution in [3.63, 3.8) is 0 Å². The third-order valence-electron chi connectivity index (χ3n) is 3.86. The van der Waals surface area contributed by atoms with Crippen LogP contribution in [0.15, 0.2) is 0 Å². The van der Waals surface area contributed by atoms with Gasteiger partial charge in [0.05, 0.1) is 16.1 Å². The Bertz CT molecular complexity index is 426. The van der Waals surface area contributed by atoms with Crippen molar-refractivity contribution in [1.29, 1.82) is 0 Å². The van der Waals surface area contributed by atoms with Gasteiger partial charge in [0.2, 0.25) is 5.91 Å². The van der Waals surface area contributed by atoms with E-state index in [-0.39, 0.29) is 30.7 Å². The largest absolute Gasteiger partial charge is 0.355 e. The van der Waals surface area contributed by atoms with Gasteiger partial charge in [-0.05, 0) is 26.7 Å². The average molecular weight is 356 g/mol. The number of nitrogens with two attached hydrogens (primary N) is 1. The summed E-state index contributed by atoms with van der Waals surface area (Å²) in [6.07, 6.45) is 2.41. The number of aryl methyl sites for hydroxylation is 2. The van der Waals surface area contributed by atoms with Gasteiger partial charge in [-0.25, -0.2) is 4.98 Å². The standard InChI is InChI=1S/C14H25N3OS.2ClH/c1-5-14(6-2,9-15)13(18)16-8-7-12-10(3)17-11(4)19-12;;/h5-9,15H2,1-4H3,(H,16,18);2*1H. The van der Waals surface area contributed by atoms with Gasteiger partial charge in [0.15, 0.2) is 0 Å². The third-order valence-corrected chi connectivity index (χ3v) is 5.00. The maximum Gasteiger partial charge on any atom is 0.227 e. The average Bonchev–Trinajstić information content (AvgIpc) is 2.71. The molecular weight excluding hydrogens is 329 g/mol. The molecule has 0 bridgehead atoms. The Hall–Kier alpha value is -0.360. The third kappa shape index (κ3) is 5.74. The fourth-order valence-electron chi connectivity index (χ4n) is 2.23. The summed E-state index contributed by atoms with van der Waals surface area (Å²) in [7, 11) is 0. The number of amides is 1. The summed E-state index contributed by atoms with van der Waals surface area (Å²) < 4.78 is 0. The number of hydrogen-bond donors (Lipinski definition) is 2. The van der Waals surface area contributed by atoms with Crippen molar-refractivity contribution in [1.82, 2.24) is 10.3 Å². The van der Waals surface area contributed by atoms with Crippen molar-refractivity contribution in [2.24, 2.45) is 11.1 Å². The maximum absolute atomic E-state index is 12.2. The molecule has 1 aromatic heterocycles. The molecule has 124 valence electrons. The second kappa shape index (κ2) is 10.4. The van der Waals surface area contributed by atoms with E-state index < -0.39 is 5.41 Å². The van der Waals surface area contributed by atoms with Gasteiger partial charge in [0.25, 0.3) is 0 Å². The van der Waals surface area contributed by atoms with E-state index in [0.29, 0.717) is 13.1 Å². The molecule has 0 spiro atoms. The zero-order valence-electron chi connectivity index (χ0n) is 13.2. The van der Waals surface area contributed by atoms with Crippen LogP contribution in [0.5, 0.6) is 0 Å². The molecule has 1 rings (SSSR count). The number of nitrogens with one attached hydrogen (secondary N) is 1. The zero-order chi connectivity index (χ0) is 14.5. The Morgan fingerprint density at radius 1 is 1.29 bits per heavy atom. The zero-order valence-corrected chi connectivity index (χ0v) is 15.6. The van der Waals surface area contributed by atoms with Gasteiger partial charge < -0.3 is 11.1 Å². The Kier molecular flexibility index (Phi) is 11.3. The van der Waals surface area contributed by atoms with E-state index in [1.54, 1.807) is 11.3 Å². The van der Waals surface area contributed by atoms with E-state index in [0.717, 1.165) is 30.0 Å². The lowest BCUT2D eigenvalue weighted by Crippen LogP contribution is -2.45. The van der Waals surface area contributed by atoms with Crippen molar-refractivity contribution in [2.45, 2.75) is 47.0 Å². The molecule has 0 aromatic carbocycles. The van der Waals surface area contributed by atoms with Crippen molar-refractivity contribution in [3.05, 3.63) is 15.6 Å². The highest BCUT2D eigenvalue weighted by atomic mass is 35.5. The molecule has 7 heteroatoms. The van der Waals surface area contributed by atoms with E-state index in [1.807, 2.05) is 27.7 Å². The van der Waals surface area contributed by atoms with Crippen LogP contribution < -0.4 is 11.1 Å². The number of halogens is 2. The predicted octanol–water partition coefficient (Wildman–Crippen LogP) is 3.03. The lowest BCUT2D eigenvalue weighted by molar-refractivity contribution is -0.131. The summed E-state index contributed by atoms with van der Waals surface area (Å²) in [5, 5.41) is 4.10. The van der Waals surface area contributed by atoms with E-state index >= 15 is 0 Å². The highest BCUT2D eigenvalue weighted by Crippen LogP contribution is 2.25. The van der Waals surface area contributed by atoms with Crippen molar-refractivity contribution in [2.75, 3.05) is 13.1 Å². The van der Waals surface area contributed by atoms with Gasteiger partial charge in [-0.2, -0.15) is 0 Å². The van der Waals surface area contributed by atoms with Gasteiger partial charge in [0, 0.05) is 24.4 Å². The molecule has 1 heterocycles. The SMILES string of the molecule is CCC(CC)(CN)C(=O)NCCc1sc(C)nc1C.Cl.Cl. The minimum atomic E-state index is -0.404. The summed E-state index contributed by atoms with van der Waals surface area (Å²) in [5.41, 5.74) is 6.44. The van der Waals surface area contributed by atoms with Crippen LogP contribution in [-0.4, -0.2) is 24.0 Å². The van der Waals surface area contributed by atoms with Crippen LogP contribution in [0.2, 0.25) is 0 Å². The quantitative estimate of drug-likeness (QED) is 0.789. The van der Waals surface area contributed by atoms with Crippen LogP contribution in [0.25, 0.3) is 0 Å². The number of nitrogens with zero attached hydrogens (tertiary/aromatic N) is 1. The van der Waals surface area contributed by atoms with E-state index in [4.69, 9.17) is 5.73 Å². The summed E-state index contributed by atoms with van der Waals surface area (Å²) >= 11 is 1.70. The topological polar surface area (TPSA) is 68.0 Å². The fraction of sp³-hybridized carbons (Fsp3) is 0.714. The first kappa shape index (κ1) is 22.9. The second-order valence-electron chi connectivity index (χ2n) is 4.94. The Labute approximate surface area is 144 Å². The van der Waals surface area contributed by atoms with Gasteiger partial charge in [-0.3, -0.25) is 4.79 Å². The van der Waals surface area contributed by atoms with E-state index in [1.165, 1.54) is 4.88 Å². The van der Waals surface area contributed by atoms with Crippen LogP contribution in [0.3, 0.4) is 0 Å². The molecule has 21 heavy (non-hydrogen) atoms. The van der Waals surface area contributed by atoms with Crippen molar-refractivity contribution < 1.29 is 4.79 Å². The highest BCUT2D eigenvalue weighted by Gasteiger charge is 2.32. The first-order chi connectivity index (χ1) is 8.99. The lowest BCUT2D eigenvalue weighted by Gasteiger charge is -2.28. The van der Waals surface area contributed by atoms with Crippen LogP contribution in [0, 0.1) is 19.3 Å². The normalized spacial score (nSPS) is 10.5. The maximum atomic E-state index is 12.2. The number of carbonyl (C=O) groups excluding carboxylic acids is 1. The lowest BCUT2D eigenvalue weighted by atomic mass is 9.81. The minimum absolute atomic E-state index is 0. The molecule has 0 saturated carbocycles. The highest BCUT2D eigenvalue weighted by molar-refractivity contribution is 7.11. The van der Waals surface area contributed by atoms with Crippen LogP contribution >= 0.6 is 36.2 Å². The van der Waals surface area contributed by atoms with Gasteiger partial charge in [-0.15, -0.1) is 36.2 Å². The second-order valence-corrected chi connectivity index (χ2v) is 6.23. The first-order valence-electron chi connectivity index (χ1n) is 6.90. The van der Waals surface area contributed by atoms with Crippen LogP contribution in [-0.2, 0) is 11.2 Å². The molecule has 0 aliphatic heterocycles. The first-order valence-corrected chi connectivity index (χ1v) is 7.72. The number of aromatic nitrogens is 1. The summed E-state index contributed by atoms with van der Waals surface area (Å²) in [4.78, 5) is 17.9. The van der Waals surface area contributed by atoms with Gasteiger partial charge >= 0.3 is 0 Å².